The lowest BCUT2D eigenvalue weighted by atomic mass is 9.81. The molecular weight excluding hydrogens is 334 g/mol. The van der Waals surface area contributed by atoms with Crippen LogP contribution in [0.5, 0.6) is 0 Å². The van der Waals surface area contributed by atoms with Crippen molar-refractivity contribution in [2.75, 3.05) is 26.2 Å². The van der Waals surface area contributed by atoms with Gasteiger partial charge in [0.1, 0.15) is 5.41 Å². The highest BCUT2D eigenvalue weighted by Crippen LogP contribution is 2.43. The summed E-state index contributed by atoms with van der Waals surface area (Å²) in [5.41, 5.74) is 0.113. The molecule has 2 saturated heterocycles. The number of aromatic amines is 1. The van der Waals surface area contributed by atoms with Crippen molar-refractivity contribution in [1.29, 1.82) is 0 Å². The summed E-state index contributed by atoms with van der Waals surface area (Å²) < 4.78 is 0. The average molecular weight is 355 g/mol. The first-order valence-electron chi connectivity index (χ1n) is 8.80. The number of likely N-dealkylation sites (tertiary alicyclic amines) is 2. The van der Waals surface area contributed by atoms with E-state index in [0.29, 0.717) is 25.2 Å². The minimum atomic E-state index is -1.07. The predicted molar refractivity (Wildman–Crippen MR) is 95.7 cm³/mol. The molecule has 7 heteroatoms. The second-order valence-electron chi connectivity index (χ2n) is 7.25. The first-order chi connectivity index (χ1) is 12.4. The van der Waals surface area contributed by atoms with Gasteiger partial charge in [-0.15, -0.1) is 0 Å². The molecule has 2 fully saturated rings. The number of carbonyl (C=O) groups is 2. The van der Waals surface area contributed by atoms with Crippen molar-refractivity contribution >= 4 is 22.8 Å². The fourth-order valence-corrected chi connectivity index (χ4v) is 4.34. The molecule has 136 valence electrons. The summed E-state index contributed by atoms with van der Waals surface area (Å²) in [5, 5.41) is 10.7. The Kier molecular flexibility index (Phi) is 3.84. The third kappa shape index (κ3) is 2.42. The third-order valence-corrected chi connectivity index (χ3v) is 5.73. The number of fused-ring (bicyclic) bond motifs is 2. The zero-order valence-corrected chi connectivity index (χ0v) is 14.6. The van der Waals surface area contributed by atoms with E-state index in [1.807, 2.05) is 42.2 Å². The second kappa shape index (κ2) is 5.95. The number of nitrogens with zero attached hydrogens (tertiary/aromatic N) is 2. The number of amides is 1. The van der Waals surface area contributed by atoms with Gasteiger partial charge in [0.25, 0.3) is 5.56 Å². The minimum absolute atomic E-state index is 0.0928. The maximum Gasteiger partial charge on any atom is 0.313 e. The highest BCUT2D eigenvalue weighted by atomic mass is 16.4. The number of hydrogen-bond donors (Lipinski definition) is 2. The molecule has 0 spiro atoms. The highest BCUT2D eigenvalue weighted by molar-refractivity contribution is 5.92. The van der Waals surface area contributed by atoms with Gasteiger partial charge in [-0.25, -0.2) is 0 Å². The van der Waals surface area contributed by atoms with Crippen molar-refractivity contribution in [3.63, 3.8) is 0 Å². The van der Waals surface area contributed by atoms with Crippen LogP contribution < -0.4 is 5.56 Å². The Morgan fingerprint density at radius 3 is 2.77 bits per heavy atom. The fraction of sp³-hybridized carbons (Fsp3) is 0.421. The van der Waals surface area contributed by atoms with Gasteiger partial charge < -0.3 is 15.0 Å². The van der Waals surface area contributed by atoms with Crippen LogP contribution >= 0.6 is 0 Å². The molecule has 0 bridgehead atoms. The molecule has 2 aliphatic heterocycles. The molecular formula is C19H21N3O4. The van der Waals surface area contributed by atoms with Crippen LogP contribution in [0.3, 0.4) is 0 Å². The molecule has 4 rings (SSSR count). The van der Waals surface area contributed by atoms with Crippen LogP contribution in [0.2, 0.25) is 0 Å². The number of aliphatic carboxylic acids is 1. The molecule has 0 aliphatic carbocycles. The van der Waals surface area contributed by atoms with E-state index < -0.39 is 17.3 Å². The number of nitrogens with one attached hydrogen (secondary N) is 1. The summed E-state index contributed by atoms with van der Waals surface area (Å²) in [4.78, 5) is 43.3. The number of hydrogen-bond acceptors (Lipinski definition) is 4. The number of rotatable bonds is 4. The van der Waals surface area contributed by atoms with E-state index in [1.54, 1.807) is 4.90 Å². The van der Waals surface area contributed by atoms with E-state index in [1.165, 1.54) is 0 Å². The standard InChI is InChI=1S/C19H21N3O4/c1-2-22-11-19(18(25)26)10-21(9-14(19)17(22)24)8-13-7-12-5-3-4-6-15(12)20-16(13)23/h3-7,14H,2,8-11H2,1H3,(H,20,23)(H,25,26)/t14-,19-/m1/s1. The van der Waals surface area contributed by atoms with E-state index in [9.17, 15) is 19.5 Å². The lowest BCUT2D eigenvalue weighted by Crippen LogP contribution is -2.41. The molecule has 3 heterocycles. The van der Waals surface area contributed by atoms with Gasteiger partial charge in [-0.2, -0.15) is 0 Å². The number of para-hydroxylation sites is 1. The van der Waals surface area contributed by atoms with Crippen LogP contribution in [-0.2, 0) is 16.1 Å². The lowest BCUT2D eigenvalue weighted by molar-refractivity contribution is -0.149. The van der Waals surface area contributed by atoms with Crippen LogP contribution in [0.1, 0.15) is 12.5 Å². The van der Waals surface area contributed by atoms with Crippen molar-refractivity contribution in [3.8, 4) is 0 Å². The topological polar surface area (TPSA) is 93.7 Å². The molecule has 26 heavy (non-hydrogen) atoms. The first kappa shape index (κ1) is 16.8. The monoisotopic (exact) mass is 355 g/mol. The summed E-state index contributed by atoms with van der Waals surface area (Å²) in [5.74, 6) is -1.56. The van der Waals surface area contributed by atoms with Crippen LogP contribution in [-0.4, -0.2) is 57.9 Å². The van der Waals surface area contributed by atoms with Gasteiger partial charge in [0.2, 0.25) is 5.91 Å². The molecule has 1 aromatic heterocycles. The summed E-state index contributed by atoms with van der Waals surface area (Å²) in [6.45, 7) is 3.61. The summed E-state index contributed by atoms with van der Waals surface area (Å²) >= 11 is 0. The number of pyridine rings is 1. The Hall–Kier alpha value is -2.67. The Morgan fingerprint density at radius 1 is 1.31 bits per heavy atom. The normalized spacial score (nSPS) is 25.8. The quantitative estimate of drug-likeness (QED) is 0.850. The van der Waals surface area contributed by atoms with E-state index in [4.69, 9.17) is 0 Å². The van der Waals surface area contributed by atoms with E-state index in [0.717, 1.165) is 10.9 Å². The lowest BCUT2D eigenvalue weighted by Gasteiger charge is -2.24. The molecule has 1 amide bonds. The first-order valence-corrected chi connectivity index (χ1v) is 8.80. The van der Waals surface area contributed by atoms with E-state index in [-0.39, 0.29) is 24.6 Å². The molecule has 2 aromatic rings. The molecule has 2 N–H and O–H groups in total. The Morgan fingerprint density at radius 2 is 2.08 bits per heavy atom. The molecule has 1 aromatic carbocycles. The van der Waals surface area contributed by atoms with Gasteiger partial charge in [-0.05, 0) is 24.4 Å². The number of benzene rings is 1. The number of carboxylic acids is 1. The van der Waals surface area contributed by atoms with Gasteiger partial charge >= 0.3 is 5.97 Å². The SMILES string of the molecule is CCN1C[C@]2(C(=O)O)CN(Cc3cc4ccccc4[nH]c3=O)C[C@@H]2C1=O. The Bertz CT molecular complexity index is 953. The largest absolute Gasteiger partial charge is 0.481 e. The van der Waals surface area contributed by atoms with Crippen molar-refractivity contribution in [2.24, 2.45) is 11.3 Å². The summed E-state index contributed by atoms with van der Waals surface area (Å²) in [6, 6.07) is 9.38. The zero-order valence-electron chi connectivity index (χ0n) is 14.6. The average Bonchev–Trinajstić information content (AvgIpc) is 3.11. The van der Waals surface area contributed by atoms with Gasteiger partial charge in [0, 0.05) is 43.8 Å². The number of H-pyrrole nitrogens is 1. The van der Waals surface area contributed by atoms with Crippen molar-refractivity contribution in [2.45, 2.75) is 13.5 Å². The van der Waals surface area contributed by atoms with Gasteiger partial charge in [-0.1, -0.05) is 18.2 Å². The third-order valence-electron chi connectivity index (χ3n) is 5.73. The van der Waals surface area contributed by atoms with Crippen molar-refractivity contribution in [3.05, 3.63) is 46.2 Å². The van der Waals surface area contributed by atoms with Crippen molar-refractivity contribution < 1.29 is 14.7 Å². The van der Waals surface area contributed by atoms with Gasteiger partial charge in [-0.3, -0.25) is 19.3 Å². The number of carboxylic acid groups (broad SMARTS) is 1. The van der Waals surface area contributed by atoms with E-state index >= 15 is 0 Å². The van der Waals surface area contributed by atoms with Crippen LogP contribution in [0.4, 0.5) is 0 Å². The van der Waals surface area contributed by atoms with Crippen LogP contribution in [0.15, 0.2) is 35.1 Å². The minimum Gasteiger partial charge on any atom is -0.481 e. The maximum absolute atomic E-state index is 12.5. The van der Waals surface area contributed by atoms with Gasteiger partial charge in [0.05, 0.1) is 5.92 Å². The molecule has 2 atom stereocenters. The maximum atomic E-state index is 12.5. The zero-order chi connectivity index (χ0) is 18.5. The summed E-state index contributed by atoms with van der Waals surface area (Å²) in [7, 11) is 0. The highest BCUT2D eigenvalue weighted by Gasteiger charge is 2.61. The smallest absolute Gasteiger partial charge is 0.313 e. The van der Waals surface area contributed by atoms with E-state index in [2.05, 4.69) is 4.98 Å². The molecule has 0 unspecified atom stereocenters. The number of aromatic nitrogens is 1. The van der Waals surface area contributed by atoms with Crippen molar-refractivity contribution in [1.82, 2.24) is 14.8 Å². The molecule has 0 radical (unpaired) electrons. The van der Waals surface area contributed by atoms with Gasteiger partial charge in [0.15, 0.2) is 0 Å². The van der Waals surface area contributed by atoms with Crippen LogP contribution in [0.25, 0.3) is 10.9 Å². The second-order valence-corrected chi connectivity index (χ2v) is 7.25. The number of carbonyl (C=O) groups excluding carboxylic acids is 1. The predicted octanol–water partition coefficient (Wildman–Crippen LogP) is 0.893. The Balaban J connectivity index is 1.62. The Labute approximate surface area is 150 Å². The van der Waals surface area contributed by atoms with Crippen LogP contribution in [0, 0.1) is 11.3 Å². The molecule has 7 nitrogen and oxygen atoms in total. The molecule has 0 saturated carbocycles. The summed E-state index contributed by atoms with van der Waals surface area (Å²) in [6.07, 6.45) is 0. The fourth-order valence-electron chi connectivity index (χ4n) is 4.34. The molecule has 2 aliphatic rings.